The number of oxime groups is 1. The Morgan fingerprint density at radius 2 is 2.14 bits per heavy atom. The highest BCUT2D eigenvalue weighted by Gasteiger charge is 2.54. The standard InChI is InChI=1S/C19H20ClN5O9S/c1-3-34-24-12(10-6-33-19(21-10)22-11(27)4-20)15(28)23-13-16(29)25-14(18(30)31)9(5-32-8(2)26)7-35-17(13)25/h6,13,17H,3-5,7H2,1-2H3,(H,23,28)(H,30,31)(H,21,22,27)/b24-12-/t13-,17+/m0/s1. The maximum atomic E-state index is 12.9. The average molecular weight is 530 g/mol. The molecule has 1 aromatic heterocycles. The fourth-order valence-corrected chi connectivity index (χ4v) is 4.51. The number of anilines is 1. The van der Waals surface area contributed by atoms with E-state index in [1.807, 2.05) is 0 Å². The Labute approximate surface area is 207 Å². The van der Waals surface area contributed by atoms with Gasteiger partial charge < -0.3 is 24.4 Å². The summed E-state index contributed by atoms with van der Waals surface area (Å²) in [7, 11) is 0. The second-order valence-electron chi connectivity index (χ2n) is 6.98. The van der Waals surface area contributed by atoms with Crippen LogP contribution < -0.4 is 10.6 Å². The zero-order valence-corrected chi connectivity index (χ0v) is 20.0. The molecule has 3 rings (SSSR count). The molecule has 0 spiro atoms. The molecule has 0 saturated carbocycles. The van der Waals surface area contributed by atoms with Crippen molar-refractivity contribution >= 4 is 64.7 Å². The number of amides is 3. The third-order valence-corrected chi connectivity index (χ3v) is 6.18. The molecule has 3 N–H and O–H groups in total. The average Bonchev–Trinajstić information content (AvgIpc) is 3.28. The first-order chi connectivity index (χ1) is 16.7. The number of thioether (sulfide) groups is 1. The number of nitrogens with zero attached hydrogens (tertiary/aromatic N) is 3. The number of alkyl halides is 1. The summed E-state index contributed by atoms with van der Waals surface area (Å²) in [5.74, 6) is -4.21. The molecule has 1 aromatic rings. The summed E-state index contributed by atoms with van der Waals surface area (Å²) in [6, 6.07) is -1.29. The molecule has 35 heavy (non-hydrogen) atoms. The third-order valence-electron chi connectivity index (χ3n) is 4.60. The van der Waals surface area contributed by atoms with Gasteiger partial charge in [0.15, 0.2) is 5.71 Å². The normalized spacial score (nSPS) is 19.5. The lowest BCUT2D eigenvalue weighted by Crippen LogP contribution is -2.71. The molecule has 3 heterocycles. The minimum absolute atomic E-state index is 0.0875. The molecule has 2 atom stereocenters. The van der Waals surface area contributed by atoms with Gasteiger partial charge in [-0.2, -0.15) is 4.98 Å². The van der Waals surface area contributed by atoms with Crippen LogP contribution in [0.2, 0.25) is 0 Å². The van der Waals surface area contributed by atoms with Gasteiger partial charge in [0.05, 0.1) is 0 Å². The Bertz CT molecular complexity index is 1120. The predicted octanol–water partition coefficient (Wildman–Crippen LogP) is -0.106. The van der Waals surface area contributed by atoms with Gasteiger partial charge in [-0.1, -0.05) is 5.16 Å². The van der Waals surface area contributed by atoms with E-state index < -0.39 is 41.1 Å². The summed E-state index contributed by atoms with van der Waals surface area (Å²) in [5.41, 5.74) is -0.446. The van der Waals surface area contributed by atoms with Crippen LogP contribution in [0.3, 0.4) is 0 Å². The van der Waals surface area contributed by atoms with Gasteiger partial charge in [-0.25, -0.2) is 4.79 Å². The van der Waals surface area contributed by atoms with E-state index in [-0.39, 0.29) is 53.5 Å². The van der Waals surface area contributed by atoms with Crippen LogP contribution in [-0.2, 0) is 33.5 Å². The van der Waals surface area contributed by atoms with Crippen LogP contribution in [0.1, 0.15) is 19.5 Å². The van der Waals surface area contributed by atoms with Gasteiger partial charge in [-0.15, -0.1) is 23.4 Å². The topological polar surface area (TPSA) is 190 Å². The van der Waals surface area contributed by atoms with Gasteiger partial charge in [-0.3, -0.25) is 29.4 Å². The second kappa shape index (κ2) is 11.2. The van der Waals surface area contributed by atoms with E-state index in [1.165, 1.54) is 18.7 Å². The summed E-state index contributed by atoms with van der Waals surface area (Å²) >= 11 is 6.62. The lowest BCUT2D eigenvalue weighted by molar-refractivity contribution is -0.150. The number of carbonyl (C=O) groups excluding carboxylic acids is 4. The maximum absolute atomic E-state index is 12.9. The van der Waals surface area contributed by atoms with Crippen LogP contribution in [-0.4, -0.2) is 86.6 Å². The molecule has 16 heteroatoms. The number of ether oxygens (including phenoxy) is 1. The van der Waals surface area contributed by atoms with Crippen molar-refractivity contribution in [2.75, 3.05) is 30.2 Å². The molecule has 188 valence electrons. The first-order valence-corrected chi connectivity index (χ1v) is 11.6. The van der Waals surface area contributed by atoms with E-state index in [9.17, 15) is 29.1 Å². The van der Waals surface area contributed by atoms with Crippen molar-refractivity contribution < 1.29 is 43.1 Å². The number of carbonyl (C=O) groups is 5. The lowest BCUT2D eigenvalue weighted by atomic mass is 10.0. The van der Waals surface area contributed by atoms with Gasteiger partial charge in [0.2, 0.25) is 5.91 Å². The molecule has 1 saturated heterocycles. The molecule has 0 radical (unpaired) electrons. The third kappa shape index (κ3) is 5.74. The van der Waals surface area contributed by atoms with Crippen molar-refractivity contribution in [3.8, 4) is 0 Å². The second-order valence-corrected chi connectivity index (χ2v) is 8.35. The molecule has 0 aromatic carbocycles. The van der Waals surface area contributed by atoms with E-state index in [2.05, 4.69) is 20.8 Å². The number of esters is 1. The number of β-lactam (4-membered cyclic amide) rings is 1. The number of carboxylic acid groups (broad SMARTS) is 1. The fraction of sp³-hybridized carbons (Fsp3) is 0.421. The minimum atomic E-state index is -1.36. The molecule has 1 fully saturated rings. The molecular formula is C19H20ClN5O9S. The first kappa shape index (κ1) is 26.0. The number of oxazole rings is 1. The van der Waals surface area contributed by atoms with Crippen LogP contribution in [0.5, 0.6) is 0 Å². The SMILES string of the molecule is CCO/N=C(\C(=O)N[C@H]1C(=O)N2C(C(=O)O)=C(COC(C)=O)CS[C@H]12)c1coc(NC(=O)CCl)n1. The van der Waals surface area contributed by atoms with Crippen LogP contribution >= 0.6 is 23.4 Å². The van der Waals surface area contributed by atoms with Gasteiger partial charge in [0.1, 0.15) is 48.2 Å². The lowest BCUT2D eigenvalue weighted by Gasteiger charge is -2.49. The highest BCUT2D eigenvalue weighted by atomic mass is 35.5. The number of hydrogen-bond donors (Lipinski definition) is 3. The zero-order valence-electron chi connectivity index (χ0n) is 18.4. The summed E-state index contributed by atoms with van der Waals surface area (Å²) < 4.78 is 9.97. The molecule has 0 unspecified atom stereocenters. The van der Waals surface area contributed by atoms with Crippen LogP contribution in [0.15, 0.2) is 27.1 Å². The molecule has 2 aliphatic heterocycles. The van der Waals surface area contributed by atoms with Crippen molar-refractivity contribution in [1.82, 2.24) is 15.2 Å². The highest BCUT2D eigenvalue weighted by Crippen LogP contribution is 2.40. The Balaban J connectivity index is 1.77. The maximum Gasteiger partial charge on any atom is 0.352 e. The quantitative estimate of drug-likeness (QED) is 0.120. The largest absolute Gasteiger partial charge is 0.477 e. The summed E-state index contributed by atoms with van der Waals surface area (Å²) in [6.07, 6.45) is 1.05. The molecule has 0 bridgehead atoms. The minimum Gasteiger partial charge on any atom is -0.477 e. The number of halogens is 1. The van der Waals surface area contributed by atoms with E-state index >= 15 is 0 Å². The Hall–Kier alpha value is -3.59. The van der Waals surface area contributed by atoms with E-state index in [0.29, 0.717) is 0 Å². The first-order valence-electron chi connectivity index (χ1n) is 10.0. The zero-order chi connectivity index (χ0) is 25.7. The smallest absolute Gasteiger partial charge is 0.352 e. The van der Waals surface area contributed by atoms with E-state index in [0.717, 1.165) is 11.2 Å². The predicted molar refractivity (Wildman–Crippen MR) is 120 cm³/mol. The number of nitrogens with one attached hydrogen (secondary N) is 2. The molecule has 14 nitrogen and oxygen atoms in total. The van der Waals surface area contributed by atoms with Crippen LogP contribution in [0.4, 0.5) is 6.01 Å². The van der Waals surface area contributed by atoms with Gasteiger partial charge in [0.25, 0.3) is 11.8 Å². The van der Waals surface area contributed by atoms with E-state index in [4.69, 9.17) is 25.6 Å². The number of hydrogen-bond acceptors (Lipinski definition) is 11. The van der Waals surface area contributed by atoms with Crippen LogP contribution in [0.25, 0.3) is 0 Å². The van der Waals surface area contributed by atoms with Crippen molar-refractivity contribution in [1.29, 1.82) is 0 Å². The summed E-state index contributed by atoms with van der Waals surface area (Å²) in [4.78, 5) is 70.0. The number of rotatable bonds is 10. The molecule has 2 aliphatic rings. The Morgan fingerprint density at radius 1 is 1.40 bits per heavy atom. The van der Waals surface area contributed by atoms with Gasteiger partial charge >= 0.3 is 18.0 Å². The number of aliphatic carboxylic acids is 1. The molecule has 3 amide bonds. The molecular weight excluding hydrogens is 510 g/mol. The fourth-order valence-electron chi connectivity index (χ4n) is 3.12. The van der Waals surface area contributed by atoms with Crippen LogP contribution in [0, 0.1) is 0 Å². The van der Waals surface area contributed by atoms with Crippen molar-refractivity contribution in [2.24, 2.45) is 5.16 Å². The number of aromatic nitrogens is 1. The van der Waals surface area contributed by atoms with Crippen molar-refractivity contribution in [2.45, 2.75) is 25.3 Å². The van der Waals surface area contributed by atoms with E-state index in [1.54, 1.807) is 6.92 Å². The highest BCUT2D eigenvalue weighted by molar-refractivity contribution is 8.00. The number of fused-ring (bicyclic) bond motifs is 1. The summed E-state index contributed by atoms with van der Waals surface area (Å²) in [5, 5.41) is 17.4. The Morgan fingerprint density at radius 3 is 2.77 bits per heavy atom. The summed E-state index contributed by atoms with van der Waals surface area (Å²) in [6.45, 7) is 2.67. The van der Waals surface area contributed by atoms with Gasteiger partial charge in [0, 0.05) is 18.2 Å². The Kier molecular flexibility index (Phi) is 8.34. The monoisotopic (exact) mass is 529 g/mol. The molecule has 0 aliphatic carbocycles. The number of carboxylic acids is 1. The van der Waals surface area contributed by atoms with Crippen molar-refractivity contribution in [3.05, 3.63) is 23.2 Å². The van der Waals surface area contributed by atoms with Gasteiger partial charge in [-0.05, 0) is 6.92 Å². The van der Waals surface area contributed by atoms with Crippen molar-refractivity contribution in [3.63, 3.8) is 0 Å².